The van der Waals surface area contributed by atoms with Crippen LogP contribution in [0.5, 0.6) is 0 Å². The number of amides is 1. The van der Waals surface area contributed by atoms with Gasteiger partial charge in [0.25, 0.3) is 5.24 Å². The van der Waals surface area contributed by atoms with Gasteiger partial charge >= 0.3 is 5.97 Å². The summed E-state index contributed by atoms with van der Waals surface area (Å²) in [6.45, 7) is 5.94. The maximum atomic E-state index is 11.6. The molecule has 0 saturated carbocycles. The molecule has 0 aliphatic heterocycles. The zero-order valence-corrected chi connectivity index (χ0v) is 13.1. The largest absolute Gasteiger partial charge is 0.460 e. The Morgan fingerprint density at radius 1 is 1.50 bits per heavy atom. The predicted octanol–water partition coefficient (Wildman–Crippen LogP) is 2.34. The van der Waals surface area contributed by atoms with Crippen molar-refractivity contribution in [2.75, 3.05) is 6.54 Å². The molecule has 0 saturated heterocycles. The zero-order chi connectivity index (χ0) is 15.2. The minimum absolute atomic E-state index is 0.163. The summed E-state index contributed by atoms with van der Waals surface area (Å²) in [6, 6.07) is 0. The lowest BCUT2D eigenvalue weighted by Crippen LogP contribution is -2.29. The number of carbonyl (C=O) groups excluding carboxylic acids is 2. The van der Waals surface area contributed by atoms with E-state index in [0.29, 0.717) is 5.16 Å². The zero-order valence-electron chi connectivity index (χ0n) is 12.3. The van der Waals surface area contributed by atoms with Crippen LogP contribution in [0.25, 0.3) is 0 Å². The molecule has 1 rings (SSSR count). The van der Waals surface area contributed by atoms with Gasteiger partial charge in [-0.3, -0.25) is 9.59 Å². The number of aryl methyl sites for hydroxylation is 1. The van der Waals surface area contributed by atoms with Gasteiger partial charge in [-0.1, -0.05) is 6.92 Å². The molecule has 0 aliphatic carbocycles. The molecule has 0 aliphatic rings. The summed E-state index contributed by atoms with van der Waals surface area (Å²) >= 11 is 0.996. The summed E-state index contributed by atoms with van der Waals surface area (Å²) in [6.07, 6.45) is 4.30. The van der Waals surface area contributed by atoms with E-state index in [2.05, 4.69) is 10.3 Å². The Balaban J connectivity index is 2.25. The lowest BCUT2D eigenvalue weighted by atomic mass is 10.1. The van der Waals surface area contributed by atoms with Crippen molar-refractivity contribution in [3.8, 4) is 0 Å². The molecule has 7 heteroatoms. The van der Waals surface area contributed by atoms with Gasteiger partial charge in [0, 0.05) is 37.7 Å². The molecule has 1 aromatic heterocycles. The normalized spacial score (nSPS) is 11.2. The van der Waals surface area contributed by atoms with Crippen LogP contribution in [0.1, 0.15) is 33.6 Å². The van der Waals surface area contributed by atoms with E-state index in [-0.39, 0.29) is 24.2 Å². The van der Waals surface area contributed by atoms with Gasteiger partial charge in [-0.05, 0) is 20.3 Å². The predicted molar refractivity (Wildman–Crippen MR) is 77.5 cm³/mol. The first-order chi connectivity index (χ1) is 9.34. The Morgan fingerprint density at radius 2 is 2.20 bits per heavy atom. The lowest BCUT2D eigenvalue weighted by Gasteiger charge is -2.23. The molecular weight excluding hydrogens is 278 g/mol. The van der Waals surface area contributed by atoms with Crippen LogP contribution in [-0.2, 0) is 16.6 Å². The first-order valence-electron chi connectivity index (χ1n) is 6.49. The van der Waals surface area contributed by atoms with Crippen LogP contribution in [0.4, 0.5) is 4.79 Å². The highest BCUT2D eigenvalue weighted by molar-refractivity contribution is 8.13. The number of carbonyl (C=O) groups is 2. The quantitative estimate of drug-likeness (QED) is 0.644. The van der Waals surface area contributed by atoms with E-state index in [1.165, 1.54) is 0 Å². The number of aromatic nitrogens is 2. The average Bonchev–Trinajstić information content (AvgIpc) is 2.74. The SMILES string of the molecule is CCC(C)(C)OC(=O)CCNC(=O)Sc1nccn1C. The molecule has 20 heavy (non-hydrogen) atoms. The maximum Gasteiger partial charge on any atom is 0.308 e. The van der Waals surface area contributed by atoms with Crippen molar-refractivity contribution < 1.29 is 14.3 Å². The molecule has 6 nitrogen and oxygen atoms in total. The van der Waals surface area contributed by atoms with Crippen LogP contribution in [0.15, 0.2) is 17.6 Å². The van der Waals surface area contributed by atoms with Crippen molar-refractivity contribution in [2.45, 2.75) is 44.4 Å². The van der Waals surface area contributed by atoms with Crippen LogP contribution >= 0.6 is 11.8 Å². The van der Waals surface area contributed by atoms with Crippen LogP contribution in [0.2, 0.25) is 0 Å². The number of esters is 1. The van der Waals surface area contributed by atoms with Crippen molar-refractivity contribution in [3.63, 3.8) is 0 Å². The van der Waals surface area contributed by atoms with Gasteiger partial charge < -0.3 is 14.6 Å². The van der Waals surface area contributed by atoms with Crippen molar-refractivity contribution in [1.29, 1.82) is 0 Å². The molecule has 112 valence electrons. The Hall–Kier alpha value is -1.50. The minimum Gasteiger partial charge on any atom is -0.460 e. The molecule has 0 fully saturated rings. The number of thioether (sulfide) groups is 1. The van der Waals surface area contributed by atoms with E-state index in [0.717, 1.165) is 18.2 Å². The monoisotopic (exact) mass is 299 g/mol. The smallest absolute Gasteiger partial charge is 0.308 e. The fourth-order valence-electron chi connectivity index (χ4n) is 1.27. The van der Waals surface area contributed by atoms with Gasteiger partial charge in [-0.2, -0.15) is 0 Å². The van der Waals surface area contributed by atoms with Crippen molar-refractivity contribution in [1.82, 2.24) is 14.9 Å². The highest BCUT2D eigenvalue weighted by Gasteiger charge is 2.20. The molecule has 1 heterocycles. The summed E-state index contributed by atoms with van der Waals surface area (Å²) in [7, 11) is 1.81. The number of imidazole rings is 1. The fraction of sp³-hybridized carbons (Fsp3) is 0.615. The van der Waals surface area contributed by atoms with E-state index in [4.69, 9.17) is 4.74 Å². The van der Waals surface area contributed by atoms with Crippen LogP contribution in [0, 0.1) is 0 Å². The average molecular weight is 299 g/mol. The van der Waals surface area contributed by atoms with Gasteiger partial charge in [0.1, 0.15) is 5.60 Å². The Morgan fingerprint density at radius 3 is 2.75 bits per heavy atom. The minimum atomic E-state index is -0.456. The summed E-state index contributed by atoms with van der Waals surface area (Å²) in [5, 5.41) is 3.03. The van der Waals surface area contributed by atoms with E-state index in [9.17, 15) is 9.59 Å². The first-order valence-corrected chi connectivity index (χ1v) is 7.30. The second-order valence-electron chi connectivity index (χ2n) is 4.97. The highest BCUT2D eigenvalue weighted by Crippen LogP contribution is 2.16. The Kier molecular flexibility index (Phi) is 6.06. The van der Waals surface area contributed by atoms with E-state index < -0.39 is 5.60 Å². The standard InChI is InChI=1S/C13H21N3O3S/c1-5-13(2,3)19-10(17)6-7-15-12(18)20-11-14-8-9-16(11)4/h8-9H,5-7H2,1-4H3,(H,15,18). The lowest BCUT2D eigenvalue weighted by molar-refractivity contribution is -0.156. The molecule has 1 amide bonds. The fourth-order valence-corrected chi connectivity index (χ4v) is 1.93. The molecule has 0 radical (unpaired) electrons. The van der Waals surface area contributed by atoms with Gasteiger partial charge in [0.05, 0.1) is 6.42 Å². The summed E-state index contributed by atoms with van der Waals surface area (Å²) < 4.78 is 7.03. The molecular formula is C13H21N3O3S. The summed E-state index contributed by atoms with van der Waals surface area (Å²) in [5.74, 6) is -0.306. The van der Waals surface area contributed by atoms with Gasteiger partial charge in [-0.15, -0.1) is 0 Å². The van der Waals surface area contributed by atoms with E-state index in [1.54, 1.807) is 17.0 Å². The first kappa shape index (κ1) is 16.6. The third-order valence-electron chi connectivity index (χ3n) is 2.80. The molecule has 0 aromatic carbocycles. The molecule has 0 atom stereocenters. The summed E-state index contributed by atoms with van der Waals surface area (Å²) in [4.78, 5) is 27.2. The van der Waals surface area contributed by atoms with Crippen molar-refractivity contribution in [2.24, 2.45) is 7.05 Å². The second kappa shape index (κ2) is 7.33. The third kappa shape index (κ3) is 5.64. The number of hydrogen-bond donors (Lipinski definition) is 1. The molecule has 0 bridgehead atoms. The molecule has 1 aromatic rings. The van der Waals surface area contributed by atoms with E-state index in [1.807, 2.05) is 27.8 Å². The number of rotatable bonds is 6. The van der Waals surface area contributed by atoms with E-state index >= 15 is 0 Å². The van der Waals surface area contributed by atoms with Crippen molar-refractivity contribution >= 4 is 23.0 Å². The van der Waals surface area contributed by atoms with Crippen LogP contribution in [0.3, 0.4) is 0 Å². The van der Waals surface area contributed by atoms with Gasteiger partial charge in [0.15, 0.2) is 5.16 Å². The Bertz CT molecular complexity index is 471. The number of nitrogens with zero attached hydrogens (tertiary/aromatic N) is 2. The third-order valence-corrected chi connectivity index (χ3v) is 3.71. The molecule has 1 N–H and O–H groups in total. The Labute approximate surface area is 123 Å². The van der Waals surface area contributed by atoms with Crippen LogP contribution < -0.4 is 5.32 Å². The van der Waals surface area contributed by atoms with Crippen molar-refractivity contribution in [3.05, 3.63) is 12.4 Å². The summed E-state index contributed by atoms with van der Waals surface area (Å²) in [5.41, 5.74) is -0.456. The topological polar surface area (TPSA) is 73.2 Å². The number of ether oxygens (including phenoxy) is 1. The maximum absolute atomic E-state index is 11.6. The van der Waals surface area contributed by atoms with Crippen LogP contribution in [-0.4, -0.2) is 32.9 Å². The van der Waals surface area contributed by atoms with Gasteiger partial charge in [0.2, 0.25) is 0 Å². The number of hydrogen-bond acceptors (Lipinski definition) is 5. The van der Waals surface area contributed by atoms with Gasteiger partial charge in [-0.25, -0.2) is 4.98 Å². The number of nitrogens with one attached hydrogen (secondary N) is 1. The second-order valence-corrected chi connectivity index (χ2v) is 5.91. The molecule has 0 spiro atoms. The molecule has 0 unspecified atom stereocenters. The highest BCUT2D eigenvalue weighted by atomic mass is 32.2.